The first-order valence-corrected chi connectivity index (χ1v) is 8.58. The molecule has 0 saturated heterocycles. The van der Waals surface area contributed by atoms with Crippen LogP contribution >= 0.6 is 0 Å². The lowest BCUT2D eigenvalue weighted by molar-refractivity contribution is -0.142. The van der Waals surface area contributed by atoms with Gasteiger partial charge in [0.2, 0.25) is 0 Å². The fraction of sp³-hybridized carbons (Fsp3) is 0.667. The van der Waals surface area contributed by atoms with E-state index in [0.29, 0.717) is 12.5 Å². The van der Waals surface area contributed by atoms with Crippen LogP contribution in [0.15, 0.2) is 12.4 Å². The quantitative estimate of drug-likeness (QED) is 0.859. The van der Waals surface area contributed by atoms with E-state index in [4.69, 9.17) is 5.10 Å². The van der Waals surface area contributed by atoms with Gasteiger partial charge in [-0.1, -0.05) is 34.6 Å². The van der Waals surface area contributed by atoms with Gasteiger partial charge >= 0.3 is 6.18 Å². The molecular weight excluding hydrogens is 329 g/mol. The third-order valence-electron chi connectivity index (χ3n) is 4.77. The number of rotatable bonds is 4. The number of alkyl halides is 3. The largest absolute Gasteiger partial charge is 0.433 e. The van der Waals surface area contributed by atoms with Crippen molar-refractivity contribution in [2.45, 2.75) is 76.9 Å². The van der Waals surface area contributed by atoms with E-state index in [9.17, 15) is 13.2 Å². The standard InChI is InChI=1S/C18H25F3N4/c1-16(2,3)13-9-25(24-14(13)11-6-7-11)10-17(4,5)12-8-22-23-15(12)18(19,20)21/h8-9,11H,6-7,10H2,1-5H3,(H,22,23). The Labute approximate surface area is 145 Å². The zero-order valence-electron chi connectivity index (χ0n) is 15.3. The summed E-state index contributed by atoms with van der Waals surface area (Å²) < 4.78 is 41.4. The van der Waals surface area contributed by atoms with Crippen molar-refractivity contribution in [3.63, 3.8) is 0 Å². The van der Waals surface area contributed by atoms with Gasteiger partial charge in [-0.25, -0.2) is 0 Å². The number of hydrogen-bond donors (Lipinski definition) is 1. The van der Waals surface area contributed by atoms with E-state index in [1.807, 2.05) is 6.20 Å². The monoisotopic (exact) mass is 354 g/mol. The second kappa shape index (κ2) is 5.61. The molecule has 138 valence electrons. The minimum atomic E-state index is -4.44. The number of hydrogen-bond acceptors (Lipinski definition) is 2. The first-order valence-electron chi connectivity index (χ1n) is 8.58. The van der Waals surface area contributed by atoms with Crippen LogP contribution in [0.3, 0.4) is 0 Å². The summed E-state index contributed by atoms with van der Waals surface area (Å²) in [4.78, 5) is 0. The highest BCUT2D eigenvalue weighted by Crippen LogP contribution is 2.44. The fourth-order valence-electron chi connectivity index (χ4n) is 3.26. The Morgan fingerprint density at radius 3 is 2.28 bits per heavy atom. The summed E-state index contributed by atoms with van der Waals surface area (Å²) in [5.41, 5.74) is 0.900. The van der Waals surface area contributed by atoms with Gasteiger partial charge in [-0.2, -0.15) is 23.4 Å². The van der Waals surface area contributed by atoms with Gasteiger partial charge in [0.1, 0.15) is 5.69 Å². The molecule has 3 rings (SSSR count). The van der Waals surface area contributed by atoms with Crippen molar-refractivity contribution in [1.29, 1.82) is 0 Å². The average Bonchev–Trinajstić information content (AvgIpc) is 2.98. The zero-order valence-corrected chi connectivity index (χ0v) is 15.3. The first-order chi connectivity index (χ1) is 11.4. The van der Waals surface area contributed by atoms with Gasteiger partial charge in [-0.3, -0.25) is 9.78 Å². The van der Waals surface area contributed by atoms with Gasteiger partial charge in [0.15, 0.2) is 0 Å². The number of H-pyrrole nitrogens is 1. The van der Waals surface area contributed by atoms with Gasteiger partial charge in [-0.05, 0) is 23.8 Å². The van der Waals surface area contributed by atoms with Crippen LogP contribution in [-0.2, 0) is 23.6 Å². The summed E-state index contributed by atoms with van der Waals surface area (Å²) in [6.45, 7) is 10.4. The van der Waals surface area contributed by atoms with Crippen LogP contribution in [0.1, 0.15) is 75.9 Å². The molecule has 1 aliphatic carbocycles. The van der Waals surface area contributed by atoms with E-state index in [0.717, 1.165) is 18.5 Å². The lowest BCUT2D eigenvalue weighted by Gasteiger charge is -2.25. The zero-order chi connectivity index (χ0) is 18.6. The molecule has 7 heteroatoms. The molecule has 25 heavy (non-hydrogen) atoms. The molecule has 0 bridgehead atoms. The van der Waals surface area contributed by atoms with Crippen LogP contribution in [0, 0.1) is 0 Å². The van der Waals surface area contributed by atoms with Gasteiger partial charge in [-0.15, -0.1) is 0 Å². The molecule has 1 saturated carbocycles. The second-order valence-corrected chi connectivity index (χ2v) is 8.69. The van der Waals surface area contributed by atoms with Gasteiger partial charge in [0.25, 0.3) is 0 Å². The molecule has 4 nitrogen and oxygen atoms in total. The Bertz CT molecular complexity index is 758. The molecule has 2 aromatic heterocycles. The van der Waals surface area contributed by atoms with Gasteiger partial charge in [0.05, 0.1) is 18.4 Å². The summed E-state index contributed by atoms with van der Waals surface area (Å²) in [5.74, 6) is 0.498. The number of aromatic amines is 1. The van der Waals surface area contributed by atoms with Crippen LogP contribution in [0.2, 0.25) is 0 Å². The highest BCUT2D eigenvalue weighted by molar-refractivity contribution is 5.32. The van der Waals surface area contributed by atoms with Crippen LogP contribution in [0.25, 0.3) is 0 Å². The van der Waals surface area contributed by atoms with Crippen molar-refractivity contribution in [1.82, 2.24) is 20.0 Å². The lowest BCUT2D eigenvalue weighted by Crippen LogP contribution is -2.27. The van der Waals surface area contributed by atoms with Gasteiger partial charge in [0, 0.05) is 23.1 Å². The molecule has 0 unspecified atom stereocenters. The van der Waals surface area contributed by atoms with Crippen LogP contribution in [0.4, 0.5) is 13.2 Å². The van der Waals surface area contributed by atoms with E-state index < -0.39 is 17.3 Å². The summed E-state index contributed by atoms with van der Waals surface area (Å²) in [7, 11) is 0. The molecule has 1 fully saturated rings. The number of aromatic nitrogens is 4. The van der Waals surface area contributed by atoms with Crippen molar-refractivity contribution in [2.75, 3.05) is 0 Å². The molecule has 0 amide bonds. The molecule has 1 N–H and O–H groups in total. The predicted octanol–water partition coefficient (Wildman–Crippen LogP) is 4.78. The maximum atomic E-state index is 13.2. The molecular formula is C18H25F3N4. The summed E-state index contributed by atoms with van der Waals surface area (Å²) in [6.07, 6.45) is 1.12. The topological polar surface area (TPSA) is 46.5 Å². The number of nitrogens with one attached hydrogen (secondary N) is 1. The number of nitrogens with zero attached hydrogens (tertiary/aromatic N) is 3. The highest BCUT2D eigenvalue weighted by atomic mass is 19.4. The molecule has 0 atom stereocenters. The Kier molecular flexibility index (Phi) is 4.04. The molecule has 1 aliphatic rings. The Balaban J connectivity index is 1.93. The van der Waals surface area contributed by atoms with Crippen molar-refractivity contribution < 1.29 is 13.2 Å². The van der Waals surface area contributed by atoms with Crippen LogP contribution in [-0.4, -0.2) is 20.0 Å². The predicted molar refractivity (Wildman–Crippen MR) is 89.5 cm³/mol. The second-order valence-electron chi connectivity index (χ2n) is 8.69. The van der Waals surface area contributed by atoms with E-state index in [1.54, 1.807) is 18.5 Å². The van der Waals surface area contributed by atoms with E-state index in [2.05, 4.69) is 31.0 Å². The molecule has 2 aromatic rings. The smallest absolute Gasteiger partial charge is 0.273 e. The Morgan fingerprint density at radius 2 is 1.76 bits per heavy atom. The van der Waals surface area contributed by atoms with E-state index >= 15 is 0 Å². The van der Waals surface area contributed by atoms with Crippen molar-refractivity contribution in [3.05, 3.63) is 34.9 Å². The van der Waals surface area contributed by atoms with Crippen molar-refractivity contribution in [3.8, 4) is 0 Å². The third-order valence-corrected chi connectivity index (χ3v) is 4.77. The minimum Gasteiger partial charge on any atom is -0.273 e. The number of halogens is 3. The van der Waals surface area contributed by atoms with E-state index in [1.165, 1.54) is 11.8 Å². The molecule has 0 aromatic carbocycles. The van der Waals surface area contributed by atoms with Crippen LogP contribution < -0.4 is 0 Å². The minimum absolute atomic E-state index is 0.0346. The molecule has 2 heterocycles. The highest BCUT2D eigenvalue weighted by Gasteiger charge is 2.40. The third kappa shape index (κ3) is 3.60. The molecule has 0 radical (unpaired) electrons. The Hall–Kier alpha value is -1.79. The molecule has 0 spiro atoms. The van der Waals surface area contributed by atoms with Crippen LogP contribution in [0.5, 0.6) is 0 Å². The summed E-state index contributed by atoms with van der Waals surface area (Å²) >= 11 is 0. The average molecular weight is 354 g/mol. The van der Waals surface area contributed by atoms with E-state index in [-0.39, 0.29) is 11.0 Å². The summed E-state index contributed by atoms with van der Waals surface area (Å²) in [5, 5.41) is 10.5. The maximum Gasteiger partial charge on any atom is 0.433 e. The lowest BCUT2D eigenvalue weighted by atomic mass is 9.84. The summed E-state index contributed by atoms with van der Waals surface area (Å²) in [6, 6.07) is 0. The van der Waals surface area contributed by atoms with Gasteiger partial charge < -0.3 is 0 Å². The SMILES string of the molecule is CC(C)(C)c1cn(CC(C)(C)c2cn[nH]c2C(F)(F)F)nc1C1CC1. The maximum absolute atomic E-state index is 13.2. The first kappa shape index (κ1) is 18.0. The van der Waals surface area contributed by atoms with Crippen molar-refractivity contribution in [2.24, 2.45) is 0 Å². The Morgan fingerprint density at radius 1 is 1.12 bits per heavy atom. The fourth-order valence-corrected chi connectivity index (χ4v) is 3.26. The normalized spacial score (nSPS) is 16.5. The van der Waals surface area contributed by atoms with Crippen molar-refractivity contribution >= 4 is 0 Å². The molecule has 0 aliphatic heterocycles.